The minimum absolute atomic E-state index is 0.325. The minimum Gasteiger partial charge on any atom is -0.493 e. The molecule has 6 aromatic rings. The van der Waals surface area contributed by atoms with Gasteiger partial charge in [-0.2, -0.15) is 0 Å². The second-order valence-corrected chi connectivity index (χ2v) is 16.2. The van der Waals surface area contributed by atoms with Crippen LogP contribution >= 0.6 is 0 Å². The van der Waals surface area contributed by atoms with Crippen molar-refractivity contribution in [3.05, 3.63) is 208 Å². The summed E-state index contributed by atoms with van der Waals surface area (Å²) < 4.78 is 40.9. The topological polar surface area (TPSA) is 55.4 Å². The highest BCUT2D eigenvalue weighted by Gasteiger charge is 2.49. The first kappa shape index (κ1) is 39.4. The third-order valence-corrected chi connectivity index (χ3v) is 11.8. The molecule has 302 valence electrons. The summed E-state index contributed by atoms with van der Waals surface area (Å²) in [6.45, 7) is 2.79. The summed E-state index contributed by atoms with van der Waals surface area (Å²) >= 11 is 0. The summed E-state index contributed by atoms with van der Waals surface area (Å²) in [4.78, 5) is 0. The van der Waals surface area contributed by atoms with E-state index in [1.54, 1.807) is 0 Å². The molecule has 59 heavy (non-hydrogen) atoms. The first-order chi connectivity index (χ1) is 29.2. The molecule has 0 unspecified atom stereocenters. The fourth-order valence-electron chi connectivity index (χ4n) is 8.55. The van der Waals surface area contributed by atoms with Gasteiger partial charge in [-0.15, -0.1) is 0 Å². The first-order valence-electron chi connectivity index (χ1n) is 21.3. The molecule has 5 atom stereocenters. The van der Waals surface area contributed by atoms with Gasteiger partial charge >= 0.3 is 0 Å². The lowest BCUT2D eigenvalue weighted by atomic mass is 9.87. The molecule has 0 spiro atoms. The third-order valence-electron chi connectivity index (χ3n) is 11.8. The molecular formula is C53H54O6. The number of rotatable bonds is 17. The van der Waals surface area contributed by atoms with Crippen LogP contribution in [0.25, 0.3) is 0 Å². The Hall–Kier alpha value is -5.08. The molecule has 0 bridgehead atoms. The Morgan fingerprint density at radius 3 is 1.71 bits per heavy atom. The van der Waals surface area contributed by atoms with E-state index in [9.17, 15) is 0 Å². The van der Waals surface area contributed by atoms with Crippen molar-refractivity contribution in [3.8, 4) is 5.75 Å². The summed E-state index contributed by atoms with van der Waals surface area (Å²) in [5.74, 6) is 1.62. The summed E-state index contributed by atoms with van der Waals surface area (Å²) in [6.07, 6.45) is 3.04. The Morgan fingerprint density at radius 1 is 0.525 bits per heavy atom. The van der Waals surface area contributed by atoms with Gasteiger partial charge in [-0.3, -0.25) is 0 Å². The van der Waals surface area contributed by atoms with E-state index in [2.05, 4.69) is 109 Å². The zero-order chi connectivity index (χ0) is 39.6. The van der Waals surface area contributed by atoms with Gasteiger partial charge in [-0.05, 0) is 94.2 Å². The lowest BCUT2D eigenvalue weighted by molar-refractivity contribution is -0.275. The van der Waals surface area contributed by atoms with Gasteiger partial charge in [0.05, 0.1) is 39.6 Å². The van der Waals surface area contributed by atoms with E-state index in [0.29, 0.717) is 39.0 Å². The van der Waals surface area contributed by atoms with Crippen LogP contribution in [-0.2, 0) is 63.0 Å². The SMILES string of the molecule is c1ccc(COC[C@H]2O[C@@H](c3ccc(C4CC4)c(Cc4ccc5c(c4)CCCO5)c3)[C@H](OCc3ccccc3)[C@@H](OCc3ccccc3)[C@@H]2OCc2ccccc2)cc1. The molecule has 3 aliphatic rings. The van der Waals surface area contributed by atoms with Gasteiger partial charge < -0.3 is 28.4 Å². The molecule has 0 radical (unpaired) electrons. The van der Waals surface area contributed by atoms with Gasteiger partial charge in [0.2, 0.25) is 0 Å². The average molecular weight is 787 g/mol. The molecule has 0 amide bonds. The summed E-state index contributed by atoms with van der Waals surface area (Å²) in [6, 6.07) is 55.0. The van der Waals surface area contributed by atoms with Gasteiger partial charge in [0, 0.05) is 0 Å². The van der Waals surface area contributed by atoms with Crippen molar-refractivity contribution in [1.82, 2.24) is 0 Å². The van der Waals surface area contributed by atoms with Crippen molar-refractivity contribution >= 4 is 0 Å². The van der Waals surface area contributed by atoms with Crippen molar-refractivity contribution < 1.29 is 28.4 Å². The number of hydrogen-bond donors (Lipinski definition) is 0. The molecule has 2 heterocycles. The van der Waals surface area contributed by atoms with Gasteiger partial charge in [-0.25, -0.2) is 0 Å². The number of aryl methyl sites for hydroxylation is 1. The summed E-state index contributed by atoms with van der Waals surface area (Å²) in [5.41, 5.74) is 10.8. The predicted molar refractivity (Wildman–Crippen MR) is 230 cm³/mol. The van der Waals surface area contributed by atoms with Crippen molar-refractivity contribution in [2.45, 2.75) is 95.0 Å². The highest BCUT2D eigenvalue weighted by molar-refractivity contribution is 5.44. The van der Waals surface area contributed by atoms with Gasteiger partial charge in [0.1, 0.15) is 36.3 Å². The molecule has 6 aromatic carbocycles. The number of fused-ring (bicyclic) bond motifs is 1. The van der Waals surface area contributed by atoms with Crippen molar-refractivity contribution in [2.75, 3.05) is 13.2 Å². The highest BCUT2D eigenvalue weighted by Crippen LogP contribution is 2.45. The van der Waals surface area contributed by atoms with Crippen LogP contribution in [0.3, 0.4) is 0 Å². The fraction of sp³-hybridized carbons (Fsp3) is 0.321. The van der Waals surface area contributed by atoms with Crippen molar-refractivity contribution in [2.24, 2.45) is 0 Å². The zero-order valence-corrected chi connectivity index (χ0v) is 33.7. The van der Waals surface area contributed by atoms with E-state index in [4.69, 9.17) is 28.4 Å². The maximum absolute atomic E-state index is 7.32. The fourth-order valence-corrected chi connectivity index (χ4v) is 8.55. The molecule has 9 rings (SSSR count). The monoisotopic (exact) mass is 786 g/mol. The summed E-state index contributed by atoms with van der Waals surface area (Å²) in [5, 5.41) is 0. The van der Waals surface area contributed by atoms with E-state index in [1.807, 2.05) is 48.5 Å². The van der Waals surface area contributed by atoms with Gasteiger partial charge in [0.25, 0.3) is 0 Å². The van der Waals surface area contributed by atoms with Gasteiger partial charge in [-0.1, -0.05) is 152 Å². The standard InChI is InChI=1S/C53H54O6/c1-5-14-38(15-6-1)33-54-37-49-51(56-34-39-16-7-2-8-17-39)53(58-36-41-20-11-4-12-21-41)52(57-35-40-18-9-3-10-19-40)50(59-49)45-26-27-47(43-24-25-43)46(32-45)31-42-23-28-48-44(30-42)22-13-29-55-48/h1-12,14-21,23,26-28,30,32,43,49-53H,13,22,24-25,29,31,33-37H2/t49-,50+,51-,52+,53+/m1/s1. The molecular weight excluding hydrogens is 733 g/mol. The van der Waals surface area contributed by atoms with Crippen LogP contribution < -0.4 is 4.74 Å². The number of hydrogen-bond acceptors (Lipinski definition) is 6. The molecule has 1 aliphatic carbocycles. The number of ether oxygens (including phenoxy) is 6. The van der Waals surface area contributed by atoms with Crippen LogP contribution in [-0.4, -0.2) is 37.6 Å². The van der Waals surface area contributed by atoms with Crippen molar-refractivity contribution in [3.63, 3.8) is 0 Å². The van der Waals surface area contributed by atoms with E-state index in [0.717, 1.165) is 59.4 Å². The Balaban J connectivity index is 1.09. The Morgan fingerprint density at radius 2 is 1.10 bits per heavy atom. The molecule has 1 saturated carbocycles. The van der Waals surface area contributed by atoms with Crippen molar-refractivity contribution in [1.29, 1.82) is 0 Å². The van der Waals surface area contributed by atoms with E-state index in [1.165, 1.54) is 35.1 Å². The predicted octanol–water partition coefficient (Wildman–Crippen LogP) is 10.9. The van der Waals surface area contributed by atoms with E-state index >= 15 is 0 Å². The lowest BCUT2D eigenvalue weighted by Crippen LogP contribution is -2.58. The largest absolute Gasteiger partial charge is 0.493 e. The Labute approximate surface area is 349 Å². The lowest BCUT2D eigenvalue weighted by Gasteiger charge is -2.46. The van der Waals surface area contributed by atoms with Crippen LogP contribution in [0.15, 0.2) is 158 Å². The smallest absolute Gasteiger partial charge is 0.122 e. The van der Waals surface area contributed by atoms with Crippen LogP contribution in [0.4, 0.5) is 0 Å². The maximum atomic E-state index is 7.32. The molecule has 6 nitrogen and oxygen atoms in total. The van der Waals surface area contributed by atoms with Crippen LogP contribution in [0.1, 0.15) is 81.4 Å². The van der Waals surface area contributed by atoms with E-state index < -0.39 is 30.5 Å². The average Bonchev–Trinajstić information content (AvgIpc) is 4.14. The van der Waals surface area contributed by atoms with Crippen LogP contribution in [0.5, 0.6) is 5.75 Å². The maximum Gasteiger partial charge on any atom is 0.122 e. The van der Waals surface area contributed by atoms with Crippen LogP contribution in [0, 0.1) is 0 Å². The number of benzene rings is 6. The highest BCUT2D eigenvalue weighted by atomic mass is 16.6. The second kappa shape index (κ2) is 19.3. The second-order valence-electron chi connectivity index (χ2n) is 16.2. The molecule has 0 N–H and O–H groups in total. The van der Waals surface area contributed by atoms with Gasteiger partial charge in [0.15, 0.2) is 0 Å². The molecule has 1 saturated heterocycles. The van der Waals surface area contributed by atoms with Crippen LogP contribution in [0.2, 0.25) is 0 Å². The minimum atomic E-state index is -0.495. The Bertz CT molecular complexity index is 2210. The Kier molecular flexibility index (Phi) is 12.9. The first-order valence-corrected chi connectivity index (χ1v) is 21.3. The zero-order valence-electron chi connectivity index (χ0n) is 33.7. The normalized spacial score (nSPS) is 21.4. The quantitative estimate of drug-likeness (QED) is 0.0918. The third kappa shape index (κ3) is 10.2. The van der Waals surface area contributed by atoms with E-state index in [-0.39, 0.29) is 0 Å². The molecule has 2 aliphatic heterocycles. The molecule has 2 fully saturated rings. The molecule has 0 aromatic heterocycles. The molecule has 6 heteroatoms. The summed E-state index contributed by atoms with van der Waals surface area (Å²) in [7, 11) is 0.